The van der Waals surface area contributed by atoms with Gasteiger partial charge in [-0.15, -0.1) is 11.3 Å². The molecule has 0 bridgehead atoms. The molecule has 9 heteroatoms. The molecule has 150 valence electrons. The van der Waals surface area contributed by atoms with Gasteiger partial charge in [0.25, 0.3) is 0 Å². The zero-order valence-electron chi connectivity index (χ0n) is 16.2. The van der Waals surface area contributed by atoms with E-state index < -0.39 is 4.92 Å². The number of nitrogens with zero attached hydrogens (tertiary/aromatic N) is 3. The predicted molar refractivity (Wildman–Crippen MR) is 114 cm³/mol. The molecule has 1 N–H and O–H groups in total. The normalized spacial score (nSPS) is 10.9. The van der Waals surface area contributed by atoms with Crippen molar-refractivity contribution in [3.05, 3.63) is 63.0 Å². The molecule has 3 rings (SSSR count). The number of nitro groups is 1. The SMILES string of the molecule is CCOc1cc(/C=N\Nc2nc(-c3ccccc3)c(C)s2)cc([N+](=O)[O-])c1OC. The highest BCUT2D eigenvalue weighted by atomic mass is 32.1. The maximum Gasteiger partial charge on any atom is 0.315 e. The van der Waals surface area contributed by atoms with Gasteiger partial charge in [-0.3, -0.25) is 15.5 Å². The first-order valence-electron chi connectivity index (χ1n) is 8.84. The fraction of sp³-hybridized carbons (Fsp3) is 0.200. The average molecular weight is 412 g/mol. The number of benzene rings is 2. The second-order valence-corrected chi connectivity index (χ2v) is 7.12. The zero-order chi connectivity index (χ0) is 20.8. The summed E-state index contributed by atoms with van der Waals surface area (Å²) in [5.74, 6) is 0.382. The molecule has 0 amide bonds. The Labute approximate surface area is 172 Å². The van der Waals surface area contributed by atoms with Gasteiger partial charge in [-0.05, 0) is 19.9 Å². The zero-order valence-corrected chi connectivity index (χ0v) is 17.0. The summed E-state index contributed by atoms with van der Waals surface area (Å²) >= 11 is 1.48. The maximum absolute atomic E-state index is 11.4. The number of ether oxygens (including phenoxy) is 2. The summed E-state index contributed by atoms with van der Waals surface area (Å²) in [5.41, 5.74) is 5.14. The van der Waals surface area contributed by atoms with Crippen LogP contribution in [-0.2, 0) is 0 Å². The molecule has 0 aliphatic heterocycles. The second kappa shape index (κ2) is 9.16. The van der Waals surface area contributed by atoms with Crippen LogP contribution in [0.3, 0.4) is 0 Å². The quantitative estimate of drug-likeness (QED) is 0.322. The fourth-order valence-corrected chi connectivity index (χ4v) is 3.54. The molecule has 29 heavy (non-hydrogen) atoms. The van der Waals surface area contributed by atoms with Gasteiger partial charge in [-0.25, -0.2) is 4.98 Å². The molecule has 0 radical (unpaired) electrons. The highest BCUT2D eigenvalue weighted by Crippen LogP contribution is 2.38. The Bertz CT molecular complexity index is 1030. The molecule has 1 heterocycles. The Balaban J connectivity index is 1.83. The van der Waals surface area contributed by atoms with E-state index in [0.717, 1.165) is 16.1 Å². The summed E-state index contributed by atoms with van der Waals surface area (Å²) in [6, 6.07) is 12.9. The second-order valence-electron chi connectivity index (χ2n) is 5.92. The van der Waals surface area contributed by atoms with E-state index in [0.29, 0.717) is 23.1 Å². The lowest BCUT2D eigenvalue weighted by molar-refractivity contribution is -0.385. The smallest absolute Gasteiger partial charge is 0.315 e. The van der Waals surface area contributed by atoms with Gasteiger partial charge < -0.3 is 9.47 Å². The Morgan fingerprint density at radius 3 is 2.72 bits per heavy atom. The lowest BCUT2D eigenvalue weighted by Gasteiger charge is -2.10. The van der Waals surface area contributed by atoms with Crippen molar-refractivity contribution in [1.82, 2.24) is 4.98 Å². The number of aromatic nitrogens is 1. The number of aryl methyl sites for hydroxylation is 1. The molecule has 0 unspecified atom stereocenters. The molecule has 0 spiro atoms. The third kappa shape index (κ3) is 4.69. The number of rotatable bonds is 8. The molecule has 0 atom stereocenters. The van der Waals surface area contributed by atoms with Crippen molar-refractivity contribution >= 4 is 28.4 Å². The molecule has 0 saturated carbocycles. The number of nitrogens with one attached hydrogen (secondary N) is 1. The minimum absolute atomic E-state index is 0.0880. The first kappa shape index (κ1) is 20.3. The van der Waals surface area contributed by atoms with Crippen LogP contribution in [0.1, 0.15) is 17.4 Å². The summed E-state index contributed by atoms with van der Waals surface area (Å²) in [6.45, 7) is 4.14. The van der Waals surface area contributed by atoms with Crippen molar-refractivity contribution in [1.29, 1.82) is 0 Å². The van der Waals surface area contributed by atoms with Crippen molar-refractivity contribution in [2.45, 2.75) is 13.8 Å². The largest absolute Gasteiger partial charge is 0.490 e. The minimum Gasteiger partial charge on any atom is -0.490 e. The fourth-order valence-electron chi connectivity index (χ4n) is 2.76. The van der Waals surface area contributed by atoms with Gasteiger partial charge in [-0.2, -0.15) is 5.10 Å². The van der Waals surface area contributed by atoms with Gasteiger partial charge in [0.2, 0.25) is 10.9 Å². The molecule has 0 saturated heterocycles. The number of nitro benzene ring substituents is 1. The van der Waals surface area contributed by atoms with Crippen molar-refractivity contribution in [3.63, 3.8) is 0 Å². The molecule has 0 aliphatic carbocycles. The van der Waals surface area contributed by atoms with Crippen LogP contribution in [0.2, 0.25) is 0 Å². The van der Waals surface area contributed by atoms with Crippen molar-refractivity contribution in [2.24, 2.45) is 5.10 Å². The summed E-state index contributed by atoms with van der Waals surface area (Å²) in [4.78, 5) is 16.5. The summed E-state index contributed by atoms with van der Waals surface area (Å²) in [6.07, 6.45) is 1.48. The van der Waals surface area contributed by atoms with Gasteiger partial charge in [0.1, 0.15) is 0 Å². The topological polar surface area (TPSA) is 98.9 Å². The Morgan fingerprint density at radius 1 is 1.31 bits per heavy atom. The first-order valence-corrected chi connectivity index (χ1v) is 9.66. The molecule has 0 aliphatic rings. The third-order valence-electron chi connectivity index (χ3n) is 3.98. The van der Waals surface area contributed by atoms with E-state index in [1.165, 1.54) is 30.7 Å². The highest BCUT2D eigenvalue weighted by Gasteiger charge is 2.21. The molecule has 2 aromatic carbocycles. The Hall–Kier alpha value is -3.46. The van der Waals surface area contributed by atoms with E-state index in [1.807, 2.05) is 37.3 Å². The highest BCUT2D eigenvalue weighted by molar-refractivity contribution is 7.15. The summed E-state index contributed by atoms with van der Waals surface area (Å²) in [5, 5.41) is 16.2. The Morgan fingerprint density at radius 2 is 2.07 bits per heavy atom. The van der Waals surface area contributed by atoms with Crippen molar-refractivity contribution < 1.29 is 14.4 Å². The molecule has 3 aromatic rings. The van der Waals surface area contributed by atoms with E-state index in [9.17, 15) is 10.1 Å². The number of methoxy groups -OCH3 is 1. The molecule has 1 aromatic heterocycles. The van der Waals surface area contributed by atoms with Crippen LogP contribution in [0.25, 0.3) is 11.3 Å². The minimum atomic E-state index is -0.511. The Kier molecular flexibility index (Phi) is 6.40. The van der Waals surface area contributed by atoms with Crippen LogP contribution in [0.4, 0.5) is 10.8 Å². The van der Waals surface area contributed by atoms with Crippen LogP contribution < -0.4 is 14.9 Å². The lowest BCUT2D eigenvalue weighted by Crippen LogP contribution is -2.01. The van der Waals surface area contributed by atoms with E-state index in [-0.39, 0.29) is 11.4 Å². The number of hydrogen-bond donors (Lipinski definition) is 1. The van der Waals surface area contributed by atoms with Crippen LogP contribution in [0.15, 0.2) is 47.6 Å². The number of thiazole rings is 1. The monoisotopic (exact) mass is 412 g/mol. The van der Waals surface area contributed by atoms with E-state index in [2.05, 4.69) is 15.5 Å². The lowest BCUT2D eigenvalue weighted by atomic mass is 10.1. The van der Waals surface area contributed by atoms with Crippen LogP contribution in [0, 0.1) is 17.0 Å². The number of anilines is 1. The van der Waals surface area contributed by atoms with Crippen molar-refractivity contribution in [3.8, 4) is 22.8 Å². The van der Waals surface area contributed by atoms with E-state index in [4.69, 9.17) is 9.47 Å². The predicted octanol–water partition coefficient (Wildman–Crippen LogP) is 4.88. The summed E-state index contributed by atoms with van der Waals surface area (Å²) in [7, 11) is 1.37. The molecular weight excluding hydrogens is 392 g/mol. The van der Waals surface area contributed by atoms with E-state index >= 15 is 0 Å². The maximum atomic E-state index is 11.4. The average Bonchev–Trinajstić information content (AvgIpc) is 3.09. The van der Waals surface area contributed by atoms with Crippen LogP contribution >= 0.6 is 11.3 Å². The van der Waals surface area contributed by atoms with Crippen LogP contribution in [-0.4, -0.2) is 29.8 Å². The van der Waals surface area contributed by atoms with Crippen LogP contribution in [0.5, 0.6) is 11.5 Å². The van der Waals surface area contributed by atoms with Gasteiger partial charge in [-0.1, -0.05) is 30.3 Å². The van der Waals surface area contributed by atoms with Gasteiger partial charge >= 0.3 is 5.69 Å². The van der Waals surface area contributed by atoms with Gasteiger partial charge in [0.15, 0.2) is 5.75 Å². The third-order valence-corrected chi connectivity index (χ3v) is 4.85. The van der Waals surface area contributed by atoms with Crippen molar-refractivity contribution in [2.75, 3.05) is 19.1 Å². The van der Waals surface area contributed by atoms with Gasteiger partial charge in [0.05, 0.1) is 30.5 Å². The molecular formula is C20H20N4O4S. The standard InChI is InChI=1S/C20H20N4O4S/c1-4-28-17-11-14(10-16(24(25)26)19(17)27-3)12-21-23-20-22-18(13(2)29-20)15-8-6-5-7-9-15/h5-12H,4H2,1-3H3,(H,22,23)/b21-12-. The summed E-state index contributed by atoms with van der Waals surface area (Å²) < 4.78 is 10.6. The van der Waals surface area contributed by atoms with E-state index in [1.54, 1.807) is 13.0 Å². The number of hydrazone groups is 1. The van der Waals surface area contributed by atoms with Gasteiger partial charge in [0, 0.05) is 22.1 Å². The molecule has 0 fully saturated rings. The molecule has 8 nitrogen and oxygen atoms in total. The number of hydrogen-bond acceptors (Lipinski definition) is 8. The first-order chi connectivity index (χ1) is 14.0.